The average molecular weight is 305 g/mol. The standard InChI is InChI=1S/C14H15N3O5/c1-21-8-5-11(14(19)20)17(7-8)13(18)10-6-9(15-16-10)12-3-2-4-22-12/h2-4,6,8,11H,5,7H2,1H3,(H,15,16)(H,19,20). The van der Waals surface area contributed by atoms with Crippen LogP contribution < -0.4 is 0 Å². The fourth-order valence-electron chi connectivity index (χ4n) is 2.56. The Morgan fingerprint density at radius 3 is 3.00 bits per heavy atom. The van der Waals surface area contributed by atoms with Crippen LogP contribution >= 0.6 is 0 Å². The molecule has 2 aromatic rings. The number of hydrogen-bond donors (Lipinski definition) is 2. The zero-order chi connectivity index (χ0) is 15.7. The van der Waals surface area contributed by atoms with Crippen molar-refractivity contribution >= 4 is 11.9 Å². The van der Waals surface area contributed by atoms with Crippen molar-refractivity contribution in [1.82, 2.24) is 15.1 Å². The Morgan fingerprint density at radius 2 is 2.36 bits per heavy atom. The smallest absolute Gasteiger partial charge is 0.326 e. The molecular weight excluding hydrogens is 290 g/mol. The van der Waals surface area contributed by atoms with Gasteiger partial charge < -0.3 is 19.2 Å². The maximum atomic E-state index is 12.5. The van der Waals surface area contributed by atoms with Crippen LogP contribution in [0.4, 0.5) is 0 Å². The fraction of sp³-hybridized carbons (Fsp3) is 0.357. The first-order valence-corrected chi connectivity index (χ1v) is 6.76. The number of aromatic amines is 1. The minimum absolute atomic E-state index is 0.148. The lowest BCUT2D eigenvalue weighted by Gasteiger charge is -2.19. The number of carboxylic acid groups (broad SMARTS) is 1. The number of aromatic nitrogens is 2. The summed E-state index contributed by atoms with van der Waals surface area (Å²) in [4.78, 5) is 25.1. The van der Waals surface area contributed by atoms with E-state index in [1.807, 2.05) is 0 Å². The van der Waals surface area contributed by atoms with Crippen LogP contribution in [-0.4, -0.2) is 57.9 Å². The normalized spacial score (nSPS) is 21.2. The van der Waals surface area contributed by atoms with Gasteiger partial charge >= 0.3 is 5.97 Å². The summed E-state index contributed by atoms with van der Waals surface area (Å²) in [7, 11) is 1.50. The van der Waals surface area contributed by atoms with Crippen molar-refractivity contribution in [3.63, 3.8) is 0 Å². The van der Waals surface area contributed by atoms with Crippen molar-refractivity contribution in [3.8, 4) is 11.5 Å². The number of amides is 1. The third-order valence-corrected chi connectivity index (χ3v) is 3.73. The Morgan fingerprint density at radius 1 is 1.55 bits per heavy atom. The first-order valence-electron chi connectivity index (χ1n) is 6.76. The number of nitrogens with zero attached hydrogens (tertiary/aromatic N) is 2. The zero-order valence-electron chi connectivity index (χ0n) is 11.9. The lowest BCUT2D eigenvalue weighted by Crippen LogP contribution is -2.40. The highest BCUT2D eigenvalue weighted by Gasteiger charge is 2.40. The molecule has 1 fully saturated rings. The third-order valence-electron chi connectivity index (χ3n) is 3.73. The van der Waals surface area contributed by atoms with Gasteiger partial charge in [0.1, 0.15) is 11.7 Å². The SMILES string of the molecule is COC1CC(C(=O)O)N(C(=O)c2cc(-c3ccco3)[nH]n2)C1. The number of likely N-dealkylation sites (tertiary alicyclic amines) is 1. The van der Waals surface area contributed by atoms with E-state index in [4.69, 9.17) is 9.15 Å². The van der Waals surface area contributed by atoms with Gasteiger partial charge in [0.25, 0.3) is 5.91 Å². The van der Waals surface area contributed by atoms with E-state index in [2.05, 4.69) is 10.2 Å². The van der Waals surface area contributed by atoms with Gasteiger partial charge in [-0.1, -0.05) is 0 Å². The van der Waals surface area contributed by atoms with Gasteiger partial charge in [-0.15, -0.1) is 0 Å². The highest BCUT2D eigenvalue weighted by molar-refractivity contribution is 5.96. The average Bonchev–Trinajstić information content (AvgIpc) is 3.23. The van der Waals surface area contributed by atoms with Gasteiger partial charge in [-0.3, -0.25) is 9.89 Å². The molecule has 2 N–H and O–H groups in total. The molecule has 0 aliphatic carbocycles. The molecule has 3 rings (SSSR count). The monoisotopic (exact) mass is 305 g/mol. The molecule has 0 saturated carbocycles. The van der Waals surface area contributed by atoms with E-state index in [-0.39, 0.29) is 24.8 Å². The van der Waals surface area contributed by atoms with Crippen molar-refractivity contribution in [3.05, 3.63) is 30.2 Å². The number of rotatable bonds is 4. The second kappa shape index (κ2) is 5.64. The van der Waals surface area contributed by atoms with Crippen LogP contribution in [0.25, 0.3) is 11.5 Å². The van der Waals surface area contributed by atoms with Gasteiger partial charge in [0.2, 0.25) is 0 Å². The zero-order valence-corrected chi connectivity index (χ0v) is 11.9. The molecule has 8 heteroatoms. The number of aliphatic carboxylic acids is 1. The molecule has 1 aliphatic rings. The van der Waals surface area contributed by atoms with Crippen LogP contribution in [0.1, 0.15) is 16.9 Å². The molecule has 0 bridgehead atoms. The number of ether oxygens (including phenoxy) is 1. The molecule has 3 heterocycles. The molecule has 2 atom stereocenters. The lowest BCUT2D eigenvalue weighted by atomic mass is 10.2. The highest BCUT2D eigenvalue weighted by atomic mass is 16.5. The van der Waals surface area contributed by atoms with Crippen molar-refractivity contribution in [2.75, 3.05) is 13.7 Å². The van der Waals surface area contributed by atoms with Crippen LogP contribution in [0, 0.1) is 0 Å². The quantitative estimate of drug-likeness (QED) is 0.871. The molecule has 0 spiro atoms. The Balaban J connectivity index is 1.82. The van der Waals surface area contributed by atoms with E-state index in [0.717, 1.165) is 0 Å². The maximum absolute atomic E-state index is 12.5. The fourth-order valence-corrected chi connectivity index (χ4v) is 2.56. The molecule has 0 aromatic carbocycles. The predicted molar refractivity (Wildman–Crippen MR) is 74.2 cm³/mol. The summed E-state index contributed by atoms with van der Waals surface area (Å²) < 4.78 is 10.4. The van der Waals surface area contributed by atoms with E-state index in [0.29, 0.717) is 11.5 Å². The van der Waals surface area contributed by atoms with Crippen molar-refractivity contribution in [2.45, 2.75) is 18.6 Å². The molecule has 2 unspecified atom stereocenters. The van der Waals surface area contributed by atoms with Gasteiger partial charge in [-0.05, 0) is 12.1 Å². The minimum atomic E-state index is -1.05. The lowest BCUT2D eigenvalue weighted by molar-refractivity contribution is -0.141. The Bertz CT molecular complexity index is 678. The van der Waals surface area contributed by atoms with E-state index >= 15 is 0 Å². The predicted octanol–water partition coefficient (Wildman–Crippen LogP) is 0.984. The third kappa shape index (κ3) is 2.48. The van der Waals surface area contributed by atoms with E-state index in [9.17, 15) is 14.7 Å². The first kappa shape index (κ1) is 14.3. The van der Waals surface area contributed by atoms with Crippen LogP contribution in [-0.2, 0) is 9.53 Å². The van der Waals surface area contributed by atoms with Crippen LogP contribution in [0.5, 0.6) is 0 Å². The summed E-state index contributed by atoms with van der Waals surface area (Å²) in [6, 6.07) is 4.10. The van der Waals surface area contributed by atoms with Crippen molar-refractivity contribution in [1.29, 1.82) is 0 Å². The van der Waals surface area contributed by atoms with Gasteiger partial charge in [0.15, 0.2) is 11.5 Å². The minimum Gasteiger partial charge on any atom is -0.480 e. The summed E-state index contributed by atoms with van der Waals surface area (Å²) in [5.41, 5.74) is 0.706. The van der Waals surface area contributed by atoms with Crippen LogP contribution in [0.2, 0.25) is 0 Å². The van der Waals surface area contributed by atoms with Crippen molar-refractivity contribution in [2.24, 2.45) is 0 Å². The number of H-pyrrole nitrogens is 1. The number of carbonyl (C=O) groups is 2. The molecule has 1 aliphatic heterocycles. The van der Waals surface area contributed by atoms with E-state index in [1.54, 1.807) is 18.2 Å². The summed E-state index contributed by atoms with van der Waals surface area (Å²) in [5.74, 6) is -0.937. The molecule has 1 saturated heterocycles. The molecule has 2 aromatic heterocycles. The second-order valence-electron chi connectivity index (χ2n) is 5.05. The van der Waals surface area contributed by atoms with Crippen LogP contribution in [0.3, 0.4) is 0 Å². The molecule has 1 amide bonds. The number of carboxylic acids is 1. The number of hydrogen-bond acceptors (Lipinski definition) is 5. The summed E-state index contributed by atoms with van der Waals surface area (Å²) >= 11 is 0. The Labute approximate surface area is 125 Å². The Hall–Kier alpha value is -2.61. The molecule has 0 radical (unpaired) electrons. The summed E-state index contributed by atoms with van der Waals surface area (Å²) in [6.45, 7) is 0.231. The maximum Gasteiger partial charge on any atom is 0.326 e. The Kier molecular flexibility index (Phi) is 3.68. The highest BCUT2D eigenvalue weighted by Crippen LogP contribution is 2.24. The van der Waals surface area contributed by atoms with Crippen LogP contribution in [0.15, 0.2) is 28.9 Å². The second-order valence-corrected chi connectivity index (χ2v) is 5.05. The molecule has 8 nitrogen and oxygen atoms in total. The largest absolute Gasteiger partial charge is 0.480 e. The van der Waals surface area contributed by atoms with Gasteiger partial charge in [-0.2, -0.15) is 5.10 Å². The first-order chi connectivity index (χ1) is 10.6. The number of furan rings is 1. The molecule has 22 heavy (non-hydrogen) atoms. The van der Waals surface area contributed by atoms with E-state index in [1.165, 1.54) is 18.3 Å². The van der Waals surface area contributed by atoms with E-state index < -0.39 is 17.9 Å². The number of nitrogens with one attached hydrogen (secondary N) is 1. The van der Waals surface area contributed by atoms with Crippen molar-refractivity contribution < 1.29 is 23.8 Å². The topological polar surface area (TPSA) is 109 Å². The summed E-state index contributed by atoms with van der Waals surface area (Å²) in [6.07, 6.45) is 1.50. The molecular formula is C14H15N3O5. The van der Waals surface area contributed by atoms with Gasteiger partial charge in [-0.25, -0.2) is 4.79 Å². The molecule has 116 valence electrons. The van der Waals surface area contributed by atoms with Gasteiger partial charge in [0, 0.05) is 26.1 Å². The number of carbonyl (C=O) groups excluding carboxylic acids is 1. The van der Waals surface area contributed by atoms with Gasteiger partial charge in [0.05, 0.1) is 12.4 Å². The number of methoxy groups -OCH3 is 1. The summed E-state index contributed by atoms with van der Waals surface area (Å²) in [5, 5.41) is 15.9.